The minimum atomic E-state index is -0.333. The third-order valence-corrected chi connectivity index (χ3v) is 3.43. The van der Waals surface area contributed by atoms with Gasteiger partial charge in [-0.05, 0) is 6.42 Å². The van der Waals surface area contributed by atoms with E-state index in [-0.39, 0.29) is 16.7 Å². The van der Waals surface area contributed by atoms with Gasteiger partial charge in [-0.3, -0.25) is 10.1 Å². The Morgan fingerprint density at radius 1 is 1.60 bits per heavy atom. The number of aromatic nitrogens is 2. The molecule has 0 saturated carbocycles. The zero-order chi connectivity index (χ0) is 14.7. The molecule has 0 aliphatic carbocycles. The molecule has 2 N–H and O–H groups in total. The van der Waals surface area contributed by atoms with E-state index >= 15 is 0 Å². The van der Waals surface area contributed by atoms with E-state index in [9.17, 15) is 10.1 Å². The van der Waals surface area contributed by atoms with Gasteiger partial charge in [-0.1, -0.05) is 13.3 Å². The Hall–Kier alpha value is -1.67. The first-order chi connectivity index (χ1) is 9.58. The Kier molecular flexibility index (Phi) is 4.56. The molecule has 2 heterocycles. The van der Waals surface area contributed by atoms with Crippen molar-refractivity contribution in [3.63, 3.8) is 0 Å². The number of aryl methyl sites for hydroxylation is 2. The van der Waals surface area contributed by atoms with Crippen molar-refractivity contribution in [1.82, 2.24) is 9.78 Å². The van der Waals surface area contributed by atoms with Crippen LogP contribution in [0, 0.1) is 10.1 Å². The molecule has 1 aromatic heterocycles. The molecule has 20 heavy (non-hydrogen) atoms. The van der Waals surface area contributed by atoms with Crippen LogP contribution in [-0.2, 0) is 18.2 Å². The predicted molar refractivity (Wildman–Crippen MR) is 74.9 cm³/mol. The van der Waals surface area contributed by atoms with E-state index in [2.05, 4.69) is 5.10 Å². The van der Waals surface area contributed by atoms with Gasteiger partial charge in [0.15, 0.2) is 0 Å². The first kappa shape index (κ1) is 14.7. The van der Waals surface area contributed by atoms with Gasteiger partial charge in [-0.25, -0.2) is 4.68 Å². The highest BCUT2D eigenvalue weighted by Crippen LogP contribution is 2.33. The lowest BCUT2D eigenvalue weighted by Crippen LogP contribution is -2.46. The smallest absolute Gasteiger partial charge is 0.334 e. The molecule has 1 aliphatic heterocycles. The molecule has 0 bridgehead atoms. The monoisotopic (exact) mass is 283 g/mol. The molecule has 1 fully saturated rings. The van der Waals surface area contributed by atoms with E-state index in [4.69, 9.17) is 10.5 Å². The second-order valence-electron chi connectivity index (χ2n) is 4.92. The number of anilines is 1. The van der Waals surface area contributed by atoms with Crippen LogP contribution in [0.25, 0.3) is 0 Å². The number of hydrogen-bond donors (Lipinski definition) is 1. The topological polar surface area (TPSA) is 99.5 Å². The van der Waals surface area contributed by atoms with Crippen LogP contribution in [0.2, 0.25) is 0 Å². The summed E-state index contributed by atoms with van der Waals surface area (Å²) in [6.07, 6.45) is 1.34. The number of nitro groups is 1. The summed E-state index contributed by atoms with van der Waals surface area (Å²) in [6.45, 7) is 4.08. The molecule has 0 aromatic carbocycles. The van der Waals surface area contributed by atoms with E-state index in [1.54, 1.807) is 11.7 Å². The van der Waals surface area contributed by atoms with Crippen molar-refractivity contribution in [2.24, 2.45) is 12.8 Å². The van der Waals surface area contributed by atoms with E-state index in [0.29, 0.717) is 44.2 Å². The molecule has 0 amide bonds. The maximum atomic E-state index is 11.4. The summed E-state index contributed by atoms with van der Waals surface area (Å²) >= 11 is 0. The fraction of sp³-hybridized carbons (Fsp3) is 0.750. The molecular formula is C12H21N5O3. The van der Waals surface area contributed by atoms with Crippen LogP contribution >= 0.6 is 0 Å². The summed E-state index contributed by atoms with van der Waals surface area (Å²) in [4.78, 5) is 13.0. The van der Waals surface area contributed by atoms with Crippen molar-refractivity contribution in [3.8, 4) is 0 Å². The molecule has 8 heteroatoms. The Labute approximate surface area is 117 Å². The molecule has 1 aliphatic rings. The van der Waals surface area contributed by atoms with Crippen LogP contribution in [0.15, 0.2) is 0 Å². The zero-order valence-corrected chi connectivity index (χ0v) is 11.9. The molecule has 8 nitrogen and oxygen atoms in total. The quantitative estimate of drug-likeness (QED) is 0.622. The minimum absolute atomic E-state index is 0.0899. The number of nitrogens with two attached hydrogens (primary N) is 1. The maximum Gasteiger partial charge on any atom is 0.334 e. The fourth-order valence-corrected chi connectivity index (χ4v) is 2.56. The summed E-state index contributed by atoms with van der Waals surface area (Å²) in [6, 6.07) is 0. The van der Waals surface area contributed by atoms with Crippen molar-refractivity contribution in [1.29, 1.82) is 0 Å². The van der Waals surface area contributed by atoms with Crippen LogP contribution in [0.3, 0.4) is 0 Å². The largest absolute Gasteiger partial charge is 0.373 e. The highest BCUT2D eigenvalue weighted by atomic mass is 16.6. The van der Waals surface area contributed by atoms with Crippen molar-refractivity contribution in [2.45, 2.75) is 25.9 Å². The SMILES string of the molecule is CCCc1nn(C)c(N2CCOC(CN)C2)c1[N+](=O)[O-]. The molecule has 112 valence electrons. The van der Waals surface area contributed by atoms with Crippen LogP contribution < -0.4 is 10.6 Å². The third kappa shape index (κ3) is 2.75. The Balaban J connectivity index is 2.36. The first-order valence-corrected chi connectivity index (χ1v) is 6.85. The second kappa shape index (κ2) is 6.19. The van der Waals surface area contributed by atoms with Crippen molar-refractivity contribution in [2.75, 3.05) is 31.1 Å². The fourth-order valence-electron chi connectivity index (χ4n) is 2.56. The van der Waals surface area contributed by atoms with Crippen LogP contribution in [0.5, 0.6) is 0 Å². The highest BCUT2D eigenvalue weighted by molar-refractivity contribution is 5.62. The van der Waals surface area contributed by atoms with Gasteiger partial charge in [0, 0.05) is 26.7 Å². The number of ether oxygens (including phenoxy) is 1. The molecule has 1 atom stereocenters. The molecule has 2 rings (SSSR count). The van der Waals surface area contributed by atoms with Gasteiger partial charge < -0.3 is 15.4 Å². The van der Waals surface area contributed by atoms with Gasteiger partial charge in [0.2, 0.25) is 5.82 Å². The average molecular weight is 283 g/mol. The Morgan fingerprint density at radius 2 is 2.35 bits per heavy atom. The molecular weight excluding hydrogens is 262 g/mol. The summed E-state index contributed by atoms with van der Waals surface area (Å²) in [7, 11) is 1.74. The average Bonchev–Trinajstić information content (AvgIpc) is 2.76. The van der Waals surface area contributed by atoms with Crippen molar-refractivity contribution < 1.29 is 9.66 Å². The zero-order valence-electron chi connectivity index (χ0n) is 11.9. The highest BCUT2D eigenvalue weighted by Gasteiger charge is 2.32. The molecule has 1 aromatic rings. The second-order valence-corrected chi connectivity index (χ2v) is 4.92. The number of rotatable bonds is 5. The van der Waals surface area contributed by atoms with E-state index in [1.165, 1.54) is 0 Å². The van der Waals surface area contributed by atoms with Gasteiger partial charge in [-0.2, -0.15) is 5.10 Å². The van der Waals surface area contributed by atoms with Crippen LogP contribution in [0.4, 0.5) is 11.5 Å². The molecule has 0 radical (unpaired) electrons. The number of morpholine rings is 1. The number of hydrogen-bond acceptors (Lipinski definition) is 6. The van der Waals surface area contributed by atoms with Crippen LogP contribution in [0.1, 0.15) is 19.0 Å². The van der Waals surface area contributed by atoms with E-state index < -0.39 is 0 Å². The number of nitrogens with zero attached hydrogens (tertiary/aromatic N) is 4. The van der Waals surface area contributed by atoms with Crippen molar-refractivity contribution >= 4 is 11.5 Å². The third-order valence-electron chi connectivity index (χ3n) is 3.43. The minimum Gasteiger partial charge on any atom is -0.373 e. The standard InChI is InChI=1S/C12H21N5O3/c1-3-4-10-11(17(18)19)12(15(2)14-10)16-5-6-20-9(7-13)8-16/h9H,3-8,13H2,1-2H3. The predicted octanol–water partition coefficient (Wildman–Crippen LogP) is 0.445. The Morgan fingerprint density at radius 3 is 2.95 bits per heavy atom. The van der Waals surface area contributed by atoms with Gasteiger partial charge in [0.25, 0.3) is 0 Å². The summed E-state index contributed by atoms with van der Waals surface area (Å²) in [5, 5.41) is 15.7. The summed E-state index contributed by atoms with van der Waals surface area (Å²) in [5.41, 5.74) is 6.29. The van der Waals surface area contributed by atoms with Crippen molar-refractivity contribution in [3.05, 3.63) is 15.8 Å². The normalized spacial score (nSPS) is 19.4. The van der Waals surface area contributed by atoms with Gasteiger partial charge in [0.05, 0.1) is 17.6 Å². The van der Waals surface area contributed by atoms with E-state index in [0.717, 1.165) is 6.42 Å². The lowest BCUT2D eigenvalue weighted by atomic mass is 10.2. The summed E-state index contributed by atoms with van der Waals surface area (Å²) in [5.74, 6) is 0.556. The lowest BCUT2D eigenvalue weighted by Gasteiger charge is -2.33. The Bertz CT molecular complexity index is 488. The lowest BCUT2D eigenvalue weighted by molar-refractivity contribution is -0.384. The van der Waals surface area contributed by atoms with Gasteiger partial charge >= 0.3 is 5.69 Å². The maximum absolute atomic E-state index is 11.4. The van der Waals surface area contributed by atoms with E-state index in [1.807, 2.05) is 11.8 Å². The first-order valence-electron chi connectivity index (χ1n) is 6.85. The van der Waals surface area contributed by atoms with Gasteiger partial charge in [-0.15, -0.1) is 0 Å². The molecule has 1 unspecified atom stereocenters. The molecule has 0 spiro atoms. The van der Waals surface area contributed by atoms with Gasteiger partial charge in [0.1, 0.15) is 5.69 Å². The van der Waals surface area contributed by atoms with Crippen LogP contribution in [-0.4, -0.2) is 47.0 Å². The molecule has 1 saturated heterocycles. The summed E-state index contributed by atoms with van der Waals surface area (Å²) < 4.78 is 7.11.